The number of benzene rings is 2. The third kappa shape index (κ3) is 4.04. The number of H-pyrrole nitrogens is 1. The van der Waals surface area contributed by atoms with E-state index in [-0.39, 0.29) is 11.8 Å². The minimum absolute atomic E-state index is 0.00911. The number of amides is 2. The number of rotatable bonds is 4. The Labute approximate surface area is 204 Å². The van der Waals surface area contributed by atoms with Gasteiger partial charge in [-0.1, -0.05) is 35.9 Å². The Balaban J connectivity index is 1.55. The molecule has 2 aliphatic heterocycles. The highest BCUT2D eigenvalue weighted by molar-refractivity contribution is 6.36. The van der Waals surface area contributed by atoms with Crippen LogP contribution in [0.2, 0.25) is 5.02 Å². The van der Waals surface area contributed by atoms with Crippen molar-refractivity contribution in [2.24, 2.45) is 0 Å². The molecule has 1 fully saturated rings. The van der Waals surface area contributed by atoms with E-state index in [4.69, 9.17) is 11.6 Å². The molecule has 1 aromatic heterocycles. The first-order valence-corrected chi connectivity index (χ1v) is 11.8. The van der Waals surface area contributed by atoms with Gasteiger partial charge in [0.25, 0.3) is 11.8 Å². The van der Waals surface area contributed by atoms with E-state index in [1.807, 2.05) is 74.4 Å². The molecule has 0 bridgehead atoms. The van der Waals surface area contributed by atoms with Gasteiger partial charge < -0.3 is 20.1 Å². The molecule has 0 radical (unpaired) electrons. The Bertz CT molecular complexity index is 1310. The SMILES string of the molecule is Cc1cc(C(=O)N2CCC(N(C)C)C2)c(/C=C2\C(=O)Nc3cccc(-c4ccc(Cl)cc4)c32)[nH]1. The van der Waals surface area contributed by atoms with E-state index in [0.717, 1.165) is 41.0 Å². The molecule has 2 aromatic carbocycles. The number of halogens is 1. The average Bonchev–Trinajstić information content (AvgIpc) is 3.52. The average molecular weight is 475 g/mol. The summed E-state index contributed by atoms with van der Waals surface area (Å²) >= 11 is 6.08. The fourth-order valence-electron chi connectivity index (χ4n) is 4.82. The third-order valence-corrected chi connectivity index (χ3v) is 6.92. The van der Waals surface area contributed by atoms with E-state index in [1.165, 1.54) is 0 Å². The van der Waals surface area contributed by atoms with E-state index >= 15 is 0 Å². The molecular weight excluding hydrogens is 448 g/mol. The maximum absolute atomic E-state index is 13.4. The Kier molecular flexibility index (Phi) is 5.80. The number of likely N-dealkylation sites (N-methyl/N-ethyl adjacent to an activating group) is 1. The molecule has 1 atom stereocenters. The van der Waals surface area contributed by atoms with Crippen LogP contribution in [0.4, 0.5) is 5.69 Å². The standard InChI is InChI=1S/C27H27ClN4O2/c1-16-13-21(27(34)32-12-11-19(15-32)31(2)3)24(29-16)14-22-25-20(17-7-9-18(28)10-8-17)5-4-6-23(25)30-26(22)33/h4-10,13-14,19,29H,11-12,15H2,1-3H3,(H,30,33)/b22-14-. The van der Waals surface area contributed by atoms with Gasteiger partial charge in [-0.3, -0.25) is 9.59 Å². The zero-order chi connectivity index (χ0) is 24.0. The monoisotopic (exact) mass is 474 g/mol. The summed E-state index contributed by atoms with van der Waals surface area (Å²) in [6.45, 7) is 3.36. The molecule has 174 valence electrons. The van der Waals surface area contributed by atoms with Gasteiger partial charge in [-0.15, -0.1) is 0 Å². The lowest BCUT2D eigenvalue weighted by Crippen LogP contribution is -2.34. The predicted octanol–water partition coefficient (Wildman–Crippen LogP) is 4.91. The first kappa shape index (κ1) is 22.4. The molecule has 34 heavy (non-hydrogen) atoms. The molecular formula is C27H27ClN4O2. The van der Waals surface area contributed by atoms with Crippen LogP contribution in [-0.2, 0) is 4.79 Å². The van der Waals surface area contributed by atoms with Crippen LogP contribution in [0.25, 0.3) is 22.8 Å². The first-order chi connectivity index (χ1) is 16.3. The molecule has 0 spiro atoms. The fraction of sp³-hybridized carbons (Fsp3) is 0.259. The summed E-state index contributed by atoms with van der Waals surface area (Å²) in [6, 6.07) is 15.6. The van der Waals surface area contributed by atoms with Gasteiger partial charge in [0, 0.05) is 41.1 Å². The van der Waals surface area contributed by atoms with Gasteiger partial charge >= 0.3 is 0 Å². The number of aromatic nitrogens is 1. The Morgan fingerprint density at radius 1 is 1.18 bits per heavy atom. The molecule has 0 aliphatic carbocycles. The molecule has 6 nitrogen and oxygen atoms in total. The van der Waals surface area contributed by atoms with Gasteiger partial charge in [-0.25, -0.2) is 0 Å². The summed E-state index contributed by atoms with van der Waals surface area (Å²) in [6.07, 6.45) is 2.76. The number of nitrogens with zero attached hydrogens (tertiary/aromatic N) is 2. The van der Waals surface area contributed by atoms with E-state index < -0.39 is 0 Å². The van der Waals surface area contributed by atoms with Crippen LogP contribution < -0.4 is 5.32 Å². The van der Waals surface area contributed by atoms with Crippen molar-refractivity contribution in [3.63, 3.8) is 0 Å². The van der Waals surface area contributed by atoms with Crippen LogP contribution >= 0.6 is 11.6 Å². The highest BCUT2D eigenvalue weighted by Gasteiger charge is 2.31. The van der Waals surface area contributed by atoms with Crippen molar-refractivity contribution in [2.45, 2.75) is 19.4 Å². The zero-order valence-electron chi connectivity index (χ0n) is 19.5. The number of anilines is 1. The molecule has 3 aromatic rings. The summed E-state index contributed by atoms with van der Waals surface area (Å²) in [5, 5.41) is 3.63. The van der Waals surface area contributed by atoms with E-state index in [1.54, 1.807) is 6.08 Å². The number of aromatic amines is 1. The van der Waals surface area contributed by atoms with E-state index in [2.05, 4.69) is 15.2 Å². The normalized spacial score (nSPS) is 18.6. The van der Waals surface area contributed by atoms with Gasteiger partial charge in [0.1, 0.15) is 0 Å². The highest BCUT2D eigenvalue weighted by Crippen LogP contribution is 2.41. The van der Waals surface area contributed by atoms with Crippen LogP contribution in [0, 0.1) is 6.92 Å². The molecule has 5 rings (SSSR count). The second-order valence-corrected chi connectivity index (χ2v) is 9.62. The molecule has 2 aliphatic rings. The van der Waals surface area contributed by atoms with Crippen LogP contribution in [0.15, 0.2) is 48.5 Å². The smallest absolute Gasteiger partial charge is 0.256 e. The zero-order valence-corrected chi connectivity index (χ0v) is 20.2. The lowest BCUT2D eigenvalue weighted by Gasteiger charge is -2.20. The molecule has 1 unspecified atom stereocenters. The summed E-state index contributed by atoms with van der Waals surface area (Å²) in [5.41, 5.74) is 6.14. The Hall–Kier alpha value is -3.35. The van der Waals surface area contributed by atoms with Crippen molar-refractivity contribution < 1.29 is 9.59 Å². The lowest BCUT2D eigenvalue weighted by molar-refractivity contribution is -0.110. The van der Waals surface area contributed by atoms with Gasteiger partial charge in [0.15, 0.2) is 0 Å². The second kappa shape index (κ2) is 8.78. The largest absolute Gasteiger partial charge is 0.358 e. The van der Waals surface area contributed by atoms with Crippen LogP contribution in [-0.4, -0.2) is 59.8 Å². The van der Waals surface area contributed by atoms with Crippen molar-refractivity contribution in [2.75, 3.05) is 32.5 Å². The number of likely N-dealkylation sites (tertiary alicyclic amines) is 1. The second-order valence-electron chi connectivity index (χ2n) is 9.18. The van der Waals surface area contributed by atoms with Crippen LogP contribution in [0.5, 0.6) is 0 Å². The molecule has 3 heterocycles. The van der Waals surface area contributed by atoms with Crippen molar-refractivity contribution >= 4 is 40.8 Å². The number of carbonyl (C=O) groups excluding carboxylic acids is 2. The molecule has 1 saturated heterocycles. The number of aryl methyl sites for hydroxylation is 1. The number of nitrogens with one attached hydrogen (secondary N) is 2. The lowest BCUT2D eigenvalue weighted by atomic mass is 9.94. The van der Waals surface area contributed by atoms with Gasteiger partial charge in [0.2, 0.25) is 0 Å². The van der Waals surface area contributed by atoms with E-state index in [9.17, 15) is 9.59 Å². The quantitative estimate of drug-likeness (QED) is 0.528. The van der Waals surface area contributed by atoms with Crippen LogP contribution in [0.1, 0.15) is 33.7 Å². The van der Waals surface area contributed by atoms with Crippen LogP contribution in [0.3, 0.4) is 0 Å². The molecule has 2 N–H and O–H groups in total. The summed E-state index contributed by atoms with van der Waals surface area (Å²) < 4.78 is 0. The summed E-state index contributed by atoms with van der Waals surface area (Å²) in [4.78, 5) is 33.8. The number of carbonyl (C=O) groups is 2. The predicted molar refractivity (Wildman–Crippen MR) is 137 cm³/mol. The van der Waals surface area contributed by atoms with Crippen molar-refractivity contribution in [3.05, 3.63) is 76.1 Å². The molecule has 0 saturated carbocycles. The molecule has 7 heteroatoms. The summed E-state index contributed by atoms with van der Waals surface area (Å²) in [5.74, 6) is -0.193. The topological polar surface area (TPSA) is 68.4 Å². The summed E-state index contributed by atoms with van der Waals surface area (Å²) in [7, 11) is 4.09. The highest BCUT2D eigenvalue weighted by atomic mass is 35.5. The van der Waals surface area contributed by atoms with Gasteiger partial charge in [0.05, 0.1) is 16.8 Å². The minimum atomic E-state index is -0.184. The molecule has 2 amide bonds. The Morgan fingerprint density at radius 3 is 2.65 bits per heavy atom. The number of fused-ring (bicyclic) bond motifs is 1. The van der Waals surface area contributed by atoms with Gasteiger partial charge in [-0.05, 0) is 68.9 Å². The van der Waals surface area contributed by atoms with E-state index in [0.29, 0.717) is 34.4 Å². The number of hydrogen-bond acceptors (Lipinski definition) is 3. The van der Waals surface area contributed by atoms with Gasteiger partial charge in [-0.2, -0.15) is 0 Å². The van der Waals surface area contributed by atoms with Crippen molar-refractivity contribution in [1.82, 2.24) is 14.8 Å². The maximum Gasteiger partial charge on any atom is 0.256 e. The fourth-order valence-corrected chi connectivity index (χ4v) is 4.95. The number of hydrogen-bond donors (Lipinski definition) is 2. The minimum Gasteiger partial charge on any atom is -0.358 e. The van der Waals surface area contributed by atoms with Crippen molar-refractivity contribution in [3.8, 4) is 11.1 Å². The first-order valence-electron chi connectivity index (χ1n) is 11.4. The maximum atomic E-state index is 13.4. The Morgan fingerprint density at radius 2 is 1.94 bits per heavy atom. The van der Waals surface area contributed by atoms with Crippen molar-refractivity contribution in [1.29, 1.82) is 0 Å². The third-order valence-electron chi connectivity index (χ3n) is 6.66.